The summed E-state index contributed by atoms with van der Waals surface area (Å²) in [6.45, 7) is 10.1. The number of likely N-dealkylation sites (N-methyl/N-ethyl adjacent to an activating group) is 1. The number of ether oxygens (including phenoxy) is 3. The van der Waals surface area contributed by atoms with Crippen molar-refractivity contribution in [3.63, 3.8) is 0 Å². The van der Waals surface area contributed by atoms with Crippen LogP contribution in [0.25, 0.3) is 10.9 Å². The number of rotatable bonds is 14. The summed E-state index contributed by atoms with van der Waals surface area (Å²) in [7, 11) is 0.0468. The summed E-state index contributed by atoms with van der Waals surface area (Å²) in [5.41, 5.74) is 3.60. The quantitative estimate of drug-likeness (QED) is 0.158. The summed E-state index contributed by atoms with van der Waals surface area (Å²) >= 11 is 0. The average Bonchev–Trinajstić information content (AvgIpc) is 3.57. The van der Waals surface area contributed by atoms with Crippen LogP contribution in [-0.4, -0.2) is 144 Å². The van der Waals surface area contributed by atoms with Gasteiger partial charge in [-0.15, -0.1) is 0 Å². The average molecular weight is 781 g/mol. The van der Waals surface area contributed by atoms with E-state index in [0.29, 0.717) is 72.8 Å². The molecule has 0 radical (unpaired) electrons. The first-order valence-electron chi connectivity index (χ1n) is 18.9. The molecule has 0 bridgehead atoms. The molecule has 1 atom stereocenters. The highest BCUT2D eigenvalue weighted by Crippen LogP contribution is 2.36. The van der Waals surface area contributed by atoms with E-state index >= 15 is 0 Å². The van der Waals surface area contributed by atoms with Gasteiger partial charge in [-0.1, -0.05) is 0 Å². The minimum Gasteiger partial charge on any atom is -0.489 e. The lowest BCUT2D eigenvalue weighted by molar-refractivity contribution is 0.122. The SMILES string of the molecule is CC(c1cnc(NO)n1C)N(c1cnc2cc(N3CCOCC3)nc(OC3CCC(Nc4ncc(OCCN5CCN(C)CC5)cn4)CC3)c2c1)S(C)(=O)=O. The van der Waals surface area contributed by atoms with Gasteiger partial charge in [-0.3, -0.25) is 19.4 Å². The smallest absolute Gasteiger partial charge is 0.232 e. The van der Waals surface area contributed by atoms with Gasteiger partial charge in [0, 0.05) is 65.0 Å². The molecule has 1 aliphatic carbocycles. The van der Waals surface area contributed by atoms with Crippen LogP contribution in [0.2, 0.25) is 0 Å². The highest BCUT2D eigenvalue weighted by molar-refractivity contribution is 7.92. The molecule has 3 fully saturated rings. The van der Waals surface area contributed by atoms with Crippen LogP contribution in [0.1, 0.15) is 44.3 Å². The molecule has 3 N–H and O–H groups in total. The molecule has 7 rings (SSSR count). The molecular formula is C36H52N12O6S. The minimum atomic E-state index is -3.80. The molecule has 1 saturated carbocycles. The maximum absolute atomic E-state index is 13.3. The highest BCUT2D eigenvalue weighted by Gasteiger charge is 2.30. The molecule has 0 spiro atoms. The first-order valence-corrected chi connectivity index (χ1v) is 20.7. The molecule has 0 amide bonds. The minimum absolute atomic E-state index is 0.113. The number of morpholine rings is 1. The monoisotopic (exact) mass is 780 g/mol. The van der Waals surface area contributed by atoms with E-state index in [9.17, 15) is 13.6 Å². The Bertz CT molecular complexity index is 2000. The Kier molecular flexibility index (Phi) is 12.0. The fourth-order valence-electron chi connectivity index (χ4n) is 7.47. The summed E-state index contributed by atoms with van der Waals surface area (Å²) in [6.07, 6.45) is 10.8. The first-order chi connectivity index (χ1) is 26.6. The van der Waals surface area contributed by atoms with Gasteiger partial charge in [-0.05, 0) is 45.7 Å². The van der Waals surface area contributed by atoms with Gasteiger partial charge in [0.15, 0.2) is 5.75 Å². The first kappa shape index (κ1) is 38.7. The molecule has 55 heavy (non-hydrogen) atoms. The van der Waals surface area contributed by atoms with Crippen LogP contribution in [0.4, 0.5) is 23.4 Å². The fourth-order valence-corrected chi connectivity index (χ4v) is 8.63. The fraction of sp³-hybridized carbons (Fsp3) is 0.583. The molecule has 18 nitrogen and oxygen atoms in total. The van der Waals surface area contributed by atoms with Crippen LogP contribution < -0.4 is 29.5 Å². The molecule has 19 heteroatoms. The van der Waals surface area contributed by atoms with Crippen LogP contribution in [0.15, 0.2) is 36.9 Å². The summed E-state index contributed by atoms with van der Waals surface area (Å²) < 4.78 is 47.7. The second-order valence-corrected chi connectivity index (χ2v) is 16.4. The van der Waals surface area contributed by atoms with Crippen molar-refractivity contribution in [2.45, 2.75) is 50.8 Å². The van der Waals surface area contributed by atoms with Crippen molar-refractivity contribution in [2.24, 2.45) is 7.05 Å². The molecule has 0 aromatic carbocycles. The number of nitrogens with zero attached hydrogens (tertiary/aromatic N) is 10. The van der Waals surface area contributed by atoms with Crippen molar-refractivity contribution >= 4 is 44.3 Å². The topological polar surface area (TPSA) is 188 Å². The molecule has 4 aromatic rings. The van der Waals surface area contributed by atoms with Crippen molar-refractivity contribution in [1.82, 2.24) is 39.3 Å². The zero-order chi connectivity index (χ0) is 38.5. The number of anilines is 4. The summed E-state index contributed by atoms with van der Waals surface area (Å²) in [4.78, 5) is 29.8. The van der Waals surface area contributed by atoms with E-state index in [1.54, 1.807) is 43.2 Å². The Morgan fingerprint density at radius 2 is 1.69 bits per heavy atom. The molecule has 2 saturated heterocycles. The van der Waals surface area contributed by atoms with Crippen LogP contribution in [0.5, 0.6) is 11.6 Å². The molecule has 1 unspecified atom stereocenters. The zero-order valence-corrected chi connectivity index (χ0v) is 32.8. The second-order valence-electron chi connectivity index (χ2n) is 14.5. The Hall–Kier alpha value is -4.56. The molecule has 6 heterocycles. The van der Waals surface area contributed by atoms with Crippen molar-refractivity contribution in [3.05, 3.63) is 42.6 Å². The van der Waals surface area contributed by atoms with Gasteiger partial charge < -0.3 is 33.9 Å². The molecule has 4 aromatic heterocycles. The van der Waals surface area contributed by atoms with Crippen molar-refractivity contribution in [3.8, 4) is 11.6 Å². The Morgan fingerprint density at radius 1 is 0.964 bits per heavy atom. The van der Waals surface area contributed by atoms with Crippen LogP contribution in [-0.2, 0) is 21.8 Å². The lowest BCUT2D eigenvalue weighted by Crippen LogP contribution is -2.45. The third kappa shape index (κ3) is 9.29. The molecule has 3 aliphatic rings. The summed E-state index contributed by atoms with van der Waals surface area (Å²) in [5.74, 6) is 2.56. The van der Waals surface area contributed by atoms with E-state index < -0.39 is 16.1 Å². The normalized spacial score (nSPS) is 20.6. The largest absolute Gasteiger partial charge is 0.489 e. The number of piperazine rings is 1. The van der Waals surface area contributed by atoms with Gasteiger partial charge in [0.05, 0.1) is 72.6 Å². The zero-order valence-electron chi connectivity index (χ0n) is 32.0. The van der Waals surface area contributed by atoms with Crippen LogP contribution >= 0.6 is 0 Å². The third-order valence-electron chi connectivity index (χ3n) is 10.7. The Labute approximate surface area is 321 Å². The van der Waals surface area contributed by atoms with E-state index in [1.165, 1.54) is 10.5 Å². The second kappa shape index (κ2) is 17.1. The van der Waals surface area contributed by atoms with E-state index in [1.807, 2.05) is 11.5 Å². The lowest BCUT2D eigenvalue weighted by atomic mass is 9.93. The number of fused-ring (bicyclic) bond motifs is 1. The maximum atomic E-state index is 13.3. The predicted octanol–water partition coefficient (Wildman–Crippen LogP) is 2.75. The van der Waals surface area contributed by atoms with Crippen LogP contribution in [0.3, 0.4) is 0 Å². The Balaban J connectivity index is 1.04. The van der Waals surface area contributed by atoms with Gasteiger partial charge in [-0.2, -0.15) is 4.98 Å². The van der Waals surface area contributed by atoms with Gasteiger partial charge in [0.25, 0.3) is 0 Å². The van der Waals surface area contributed by atoms with Crippen molar-refractivity contribution < 1.29 is 27.8 Å². The van der Waals surface area contributed by atoms with E-state index in [4.69, 9.17) is 24.2 Å². The number of nitrogens with one attached hydrogen (secondary N) is 2. The number of sulfonamides is 1. The summed E-state index contributed by atoms with van der Waals surface area (Å²) in [5, 5.41) is 13.5. The number of pyridine rings is 2. The standard InChI is InChI=1S/C36H52N12O6S/c1-25(32-24-40-36(43-49)45(32)3)48(55(4,50)51)27-19-30-31(37-21-27)20-33(47-14-16-52-17-15-47)42-34(30)54-28-7-5-26(6-8-28)41-35-38-22-29(23-39-35)53-18-13-46-11-9-44(2)10-12-46/h19-26,28,49H,5-18H2,1-4H3,(H,40,43)(H,38,39,41). The number of aromatic nitrogens is 6. The number of hydrogen-bond acceptors (Lipinski definition) is 16. The summed E-state index contributed by atoms with van der Waals surface area (Å²) in [6, 6.07) is 3.19. The molecular weight excluding hydrogens is 729 g/mol. The molecule has 298 valence electrons. The maximum Gasteiger partial charge on any atom is 0.232 e. The molecule has 2 aliphatic heterocycles. The van der Waals surface area contributed by atoms with Gasteiger partial charge in [0.1, 0.15) is 18.5 Å². The highest BCUT2D eigenvalue weighted by atomic mass is 32.2. The van der Waals surface area contributed by atoms with Gasteiger partial charge in [-0.25, -0.2) is 28.8 Å². The third-order valence-corrected chi connectivity index (χ3v) is 11.9. The lowest BCUT2D eigenvalue weighted by Gasteiger charge is -2.32. The van der Waals surface area contributed by atoms with E-state index in [-0.39, 0.29) is 18.1 Å². The Morgan fingerprint density at radius 3 is 2.36 bits per heavy atom. The number of hydrogen-bond donors (Lipinski definition) is 3. The van der Waals surface area contributed by atoms with Crippen LogP contribution in [0, 0.1) is 0 Å². The van der Waals surface area contributed by atoms with E-state index in [2.05, 4.69) is 42.0 Å². The number of imidazole rings is 1. The van der Waals surface area contributed by atoms with Gasteiger partial charge in [0.2, 0.25) is 27.8 Å². The van der Waals surface area contributed by atoms with Gasteiger partial charge >= 0.3 is 0 Å². The van der Waals surface area contributed by atoms with Crippen molar-refractivity contribution in [2.75, 3.05) is 98.9 Å². The van der Waals surface area contributed by atoms with Crippen molar-refractivity contribution in [1.29, 1.82) is 0 Å². The van der Waals surface area contributed by atoms with E-state index in [0.717, 1.165) is 70.5 Å². The predicted molar refractivity (Wildman–Crippen MR) is 209 cm³/mol.